The standard InChI is InChI=1S/C10H15N5O11P2.C6H12O6/c11-10-13-7-4(8(18)14-10)12-2-15(7)9-6(17)5(16)3(25-9)1-24-28(22,23)26-27(19,20)21;7-1-3(9)5(11)6(12)4(10)2-8/h2-3,5-6,9,16-17H,1H2,(H,22,23)(H2,19,20,21)(H3,11,13,14,18);1,3-6,8-12H,2H2/t3-,5-,6-,9-;3-,4+,5+,6+/m10/s1. The number of fused-ring (bicyclic) bond motifs is 1. The second-order valence-electron chi connectivity index (χ2n) is 8.02. The second kappa shape index (κ2) is 13.6. The Bertz CT molecular complexity index is 1300. The quantitative estimate of drug-likeness (QED) is 0.0818. The zero-order chi connectivity index (χ0) is 30.6. The molecule has 22 nitrogen and oxygen atoms in total. The summed E-state index contributed by atoms with van der Waals surface area (Å²) in [7, 11) is -10.5. The maximum atomic E-state index is 11.8. The molecule has 13 N–H and O–H groups in total. The molecule has 1 fully saturated rings. The number of hydrogen-bond acceptors (Lipinski definition) is 17. The van der Waals surface area contributed by atoms with E-state index in [2.05, 4.69) is 23.8 Å². The van der Waals surface area contributed by atoms with Gasteiger partial charge in [-0.05, 0) is 0 Å². The Morgan fingerprint density at radius 2 is 1.77 bits per heavy atom. The first-order valence-electron chi connectivity index (χ1n) is 10.7. The molecule has 1 saturated heterocycles. The molecule has 0 aliphatic carbocycles. The van der Waals surface area contributed by atoms with Crippen molar-refractivity contribution >= 4 is 39.0 Å². The van der Waals surface area contributed by atoms with Gasteiger partial charge >= 0.3 is 15.6 Å². The van der Waals surface area contributed by atoms with Crippen LogP contribution in [0.4, 0.5) is 5.95 Å². The number of aliphatic hydroxyl groups is 7. The van der Waals surface area contributed by atoms with Crippen LogP contribution >= 0.6 is 15.6 Å². The maximum Gasteiger partial charge on any atom is 0.481 e. The Labute approximate surface area is 221 Å². The van der Waals surface area contributed by atoms with E-state index in [1.54, 1.807) is 0 Å². The molecule has 0 spiro atoms. The minimum Gasteiger partial charge on any atom is -0.394 e. The number of imidazole rings is 1. The molecular formula is C16H27N5O17P2. The van der Waals surface area contributed by atoms with E-state index < -0.39 is 83.4 Å². The maximum absolute atomic E-state index is 11.8. The fourth-order valence-corrected chi connectivity index (χ4v) is 4.77. The summed E-state index contributed by atoms with van der Waals surface area (Å²) < 4.78 is 36.6. The number of nitrogens with zero attached hydrogens (tertiary/aromatic N) is 3. The number of carbonyl (C=O) groups is 1. The number of ether oxygens (including phenoxy) is 1. The smallest absolute Gasteiger partial charge is 0.394 e. The third-order valence-corrected chi connectivity index (χ3v) is 7.25. The van der Waals surface area contributed by atoms with Gasteiger partial charge in [0.2, 0.25) is 5.95 Å². The van der Waals surface area contributed by atoms with Crippen LogP contribution in [0, 0.1) is 0 Å². The van der Waals surface area contributed by atoms with Gasteiger partial charge in [0.25, 0.3) is 5.56 Å². The molecule has 1 aliphatic rings. The van der Waals surface area contributed by atoms with Crippen LogP contribution in [-0.2, 0) is 27.5 Å². The van der Waals surface area contributed by atoms with Gasteiger partial charge in [-0.15, -0.1) is 0 Å². The third-order valence-electron chi connectivity index (χ3n) is 5.09. The van der Waals surface area contributed by atoms with Crippen LogP contribution in [0.25, 0.3) is 11.2 Å². The number of nitrogen functional groups attached to an aromatic ring is 1. The van der Waals surface area contributed by atoms with E-state index in [0.29, 0.717) is 0 Å². The zero-order valence-electron chi connectivity index (χ0n) is 19.8. The van der Waals surface area contributed by atoms with Crippen molar-refractivity contribution in [3.8, 4) is 0 Å². The molecule has 0 bridgehead atoms. The van der Waals surface area contributed by atoms with Gasteiger partial charge in [0.1, 0.15) is 42.7 Å². The fourth-order valence-electron chi connectivity index (χ4n) is 3.17. The largest absolute Gasteiger partial charge is 0.481 e. The number of phosphoric acid groups is 2. The number of aromatic nitrogens is 4. The van der Waals surface area contributed by atoms with E-state index in [1.807, 2.05) is 0 Å². The normalized spacial score (nSPS) is 25.9. The molecule has 0 aromatic carbocycles. The minimum absolute atomic E-state index is 0.0258. The average molecular weight is 623 g/mol. The highest BCUT2D eigenvalue weighted by molar-refractivity contribution is 7.60. The molecule has 0 saturated carbocycles. The van der Waals surface area contributed by atoms with Crippen LogP contribution in [0.3, 0.4) is 0 Å². The van der Waals surface area contributed by atoms with Crippen LogP contribution in [0.15, 0.2) is 11.1 Å². The number of H-pyrrole nitrogens is 1. The summed E-state index contributed by atoms with van der Waals surface area (Å²) in [5, 5.41) is 63.8. The molecule has 0 amide bonds. The number of nitrogens with one attached hydrogen (secondary N) is 1. The molecule has 24 heteroatoms. The van der Waals surface area contributed by atoms with Gasteiger partial charge in [0.05, 0.1) is 19.5 Å². The van der Waals surface area contributed by atoms with Gasteiger partial charge in [-0.2, -0.15) is 9.29 Å². The number of aldehydes is 1. The number of phosphoric ester groups is 1. The Morgan fingerprint density at radius 1 is 1.15 bits per heavy atom. The summed E-state index contributed by atoms with van der Waals surface area (Å²) in [6.07, 6.45) is -11.7. The van der Waals surface area contributed by atoms with Crippen LogP contribution in [0.1, 0.15) is 6.23 Å². The van der Waals surface area contributed by atoms with Crippen LogP contribution in [0.5, 0.6) is 0 Å². The number of aliphatic hydroxyl groups excluding tert-OH is 7. The predicted molar refractivity (Wildman–Crippen MR) is 125 cm³/mol. The molecule has 1 unspecified atom stereocenters. The highest BCUT2D eigenvalue weighted by atomic mass is 31.3. The second-order valence-corrected chi connectivity index (χ2v) is 10.8. The Morgan fingerprint density at radius 3 is 2.33 bits per heavy atom. The zero-order valence-corrected chi connectivity index (χ0v) is 21.6. The SMILES string of the molecule is Nc1nc2c(ncn2[C@@H]2O[C@H](COP(=O)(O)OP(=O)(O)O)[C@@H](O)[C@H]2O)c(=O)[nH]1.O=C[C@H](O)[C@@H](O)[C@H](O)[C@H](O)CO. The van der Waals surface area contributed by atoms with Crippen LogP contribution in [0.2, 0.25) is 0 Å². The fraction of sp³-hybridized carbons (Fsp3) is 0.625. The molecule has 0 radical (unpaired) electrons. The molecule has 9 atom stereocenters. The lowest BCUT2D eigenvalue weighted by Crippen LogP contribution is -2.46. The van der Waals surface area contributed by atoms with Crippen molar-refractivity contribution in [2.24, 2.45) is 0 Å². The van der Waals surface area contributed by atoms with E-state index in [-0.39, 0.29) is 23.4 Å². The number of nitrogens with two attached hydrogens (primary N) is 1. The lowest BCUT2D eigenvalue weighted by atomic mass is 10.0. The van der Waals surface area contributed by atoms with Gasteiger partial charge in [0.15, 0.2) is 23.7 Å². The van der Waals surface area contributed by atoms with Gasteiger partial charge in [0, 0.05) is 0 Å². The van der Waals surface area contributed by atoms with Crippen molar-refractivity contribution in [3.63, 3.8) is 0 Å². The van der Waals surface area contributed by atoms with E-state index in [0.717, 1.165) is 10.9 Å². The van der Waals surface area contributed by atoms with Crippen molar-refractivity contribution in [1.29, 1.82) is 0 Å². The first kappa shape index (κ1) is 34.0. The minimum atomic E-state index is -5.32. The van der Waals surface area contributed by atoms with E-state index in [9.17, 15) is 33.8 Å². The first-order chi connectivity index (χ1) is 18.4. The van der Waals surface area contributed by atoms with Crippen molar-refractivity contribution in [1.82, 2.24) is 19.5 Å². The molecule has 3 rings (SSSR count). The molecule has 3 heterocycles. The Balaban J connectivity index is 0.000000395. The topological polar surface area (TPSA) is 371 Å². The van der Waals surface area contributed by atoms with E-state index in [4.69, 9.17) is 45.8 Å². The molecule has 228 valence electrons. The molecule has 2 aromatic rings. The van der Waals surface area contributed by atoms with Crippen LogP contribution < -0.4 is 11.3 Å². The van der Waals surface area contributed by atoms with Crippen molar-refractivity contribution in [2.45, 2.75) is 49.0 Å². The van der Waals surface area contributed by atoms with Crippen molar-refractivity contribution in [2.75, 3.05) is 18.9 Å². The molecule has 1 aliphatic heterocycles. The van der Waals surface area contributed by atoms with E-state index >= 15 is 0 Å². The summed E-state index contributed by atoms with van der Waals surface area (Å²) >= 11 is 0. The lowest BCUT2D eigenvalue weighted by molar-refractivity contribution is -0.136. The Kier molecular flexibility index (Phi) is 11.6. The summed E-state index contributed by atoms with van der Waals surface area (Å²) in [4.78, 5) is 58.0. The molecule has 40 heavy (non-hydrogen) atoms. The number of hydrogen-bond donors (Lipinski definition) is 12. The lowest BCUT2D eigenvalue weighted by Gasteiger charge is -2.22. The Hall–Kier alpha value is -2.24. The van der Waals surface area contributed by atoms with Gasteiger partial charge in [-0.1, -0.05) is 0 Å². The highest BCUT2D eigenvalue weighted by Gasteiger charge is 2.46. The summed E-state index contributed by atoms with van der Waals surface area (Å²) in [5.74, 6) is -0.233. The monoisotopic (exact) mass is 623 g/mol. The number of rotatable bonds is 11. The van der Waals surface area contributed by atoms with E-state index in [1.165, 1.54) is 0 Å². The summed E-state index contributed by atoms with van der Waals surface area (Å²) in [6, 6.07) is 0. The molecular weight excluding hydrogens is 596 g/mol. The summed E-state index contributed by atoms with van der Waals surface area (Å²) in [5.41, 5.74) is 4.65. The number of carbonyl (C=O) groups excluding carboxylic acids is 1. The van der Waals surface area contributed by atoms with Crippen molar-refractivity contribution in [3.05, 3.63) is 16.7 Å². The third kappa shape index (κ3) is 8.63. The van der Waals surface area contributed by atoms with Gasteiger partial charge in [-0.3, -0.25) is 18.9 Å². The predicted octanol–water partition coefficient (Wildman–Crippen LogP) is -5.83. The van der Waals surface area contributed by atoms with Crippen molar-refractivity contribution < 1.29 is 77.9 Å². The number of anilines is 1. The first-order valence-corrected chi connectivity index (χ1v) is 13.7. The highest BCUT2D eigenvalue weighted by Crippen LogP contribution is 2.57. The molecule has 2 aromatic heterocycles. The average Bonchev–Trinajstić information content (AvgIpc) is 3.40. The van der Waals surface area contributed by atoms with Crippen LogP contribution in [-0.4, -0.2) is 132 Å². The number of aromatic amines is 1. The van der Waals surface area contributed by atoms with Gasteiger partial charge in [-0.25, -0.2) is 14.1 Å². The summed E-state index contributed by atoms with van der Waals surface area (Å²) in [6.45, 7) is -1.63. The van der Waals surface area contributed by atoms with Gasteiger partial charge < -0.3 is 65.7 Å².